The molecule has 2 N–H and O–H groups in total. The first-order chi connectivity index (χ1) is 11.3. The van der Waals surface area contributed by atoms with Crippen molar-refractivity contribution in [3.63, 3.8) is 0 Å². The molecule has 1 aromatic carbocycles. The molecule has 23 heavy (non-hydrogen) atoms. The van der Waals surface area contributed by atoms with E-state index in [9.17, 15) is 0 Å². The zero-order chi connectivity index (χ0) is 16.1. The monoisotopic (exact) mass is 309 g/mol. The topological polar surface area (TPSA) is 53.0 Å². The zero-order valence-electron chi connectivity index (χ0n) is 13.9. The first kappa shape index (κ1) is 16.1. The molecule has 0 bridgehead atoms. The van der Waals surface area contributed by atoms with Gasteiger partial charge < -0.3 is 10.6 Å². The lowest BCUT2D eigenvalue weighted by atomic mass is 9.85. The van der Waals surface area contributed by atoms with E-state index in [0.717, 1.165) is 25.3 Å². The molecule has 1 saturated heterocycles. The van der Waals surface area contributed by atoms with E-state index in [0.29, 0.717) is 12.3 Å². The second-order valence-corrected chi connectivity index (χ2v) is 6.85. The van der Waals surface area contributed by atoms with Crippen LogP contribution in [0, 0.1) is 11.3 Å². The van der Waals surface area contributed by atoms with E-state index in [1.165, 1.54) is 55.2 Å². The highest BCUT2D eigenvalue weighted by Gasteiger charge is 2.21. The molecule has 0 unspecified atom stereocenters. The first-order valence-electron chi connectivity index (χ1n) is 8.96. The van der Waals surface area contributed by atoms with Crippen molar-refractivity contribution in [2.24, 2.45) is 0 Å². The molecule has 0 saturated carbocycles. The Hall–Kier alpha value is -1.79. The second-order valence-electron chi connectivity index (χ2n) is 6.85. The van der Waals surface area contributed by atoms with Crippen molar-refractivity contribution < 1.29 is 0 Å². The van der Waals surface area contributed by atoms with E-state index >= 15 is 0 Å². The summed E-state index contributed by atoms with van der Waals surface area (Å²) in [6.07, 6.45) is 10.4. The van der Waals surface area contributed by atoms with Crippen LogP contribution in [-0.4, -0.2) is 24.5 Å². The average Bonchev–Trinajstić information content (AvgIpc) is 2.62. The fraction of sp³-hybridized carbons (Fsp3) is 0.550. The third-order valence-electron chi connectivity index (χ3n) is 5.31. The molecular formula is C20H27N3. The van der Waals surface area contributed by atoms with Gasteiger partial charge in [0.15, 0.2) is 0 Å². The molecule has 3 heteroatoms. The molecule has 1 aliphatic carbocycles. The third kappa shape index (κ3) is 3.95. The zero-order valence-corrected chi connectivity index (χ0v) is 13.9. The summed E-state index contributed by atoms with van der Waals surface area (Å²) < 4.78 is 0. The molecule has 0 aromatic heterocycles. The molecule has 0 atom stereocenters. The average molecular weight is 309 g/mol. The van der Waals surface area contributed by atoms with Crippen LogP contribution in [0.15, 0.2) is 24.3 Å². The minimum atomic E-state index is 0.636. The quantitative estimate of drug-likeness (QED) is 0.843. The molecule has 1 aliphatic heterocycles. The van der Waals surface area contributed by atoms with Gasteiger partial charge in [-0.1, -0.05) is 12.1 Å². The minimum absolute atomic E-state index is 0.636. The smallest absolute Gasteiger partial charge is 0.0635 e. The fourth-order valence-electron chi connectivity index (χ4n) is 3.89. The van der Waals surface area contributed by atoms with Crippen LogP contribution in [0.2, 0.25) is 0 Å². The number of hydrogen-bond donors (Lipinski definition) is 1. The molecule has 1 aromatic rings. The molecular weight excluding hydrogens is 282 g/mol. The van der Waals surface area contributed by atoms with Gasteiger partial charge >= 0.3 is 0 Å². The van der Waals surface area contributed by atoms with Gasteiger partial charge in [0.1, 0.15) is 0 Å². The highest BCUT2D eigenvalue weighted by molar-refractivity contribution is 5.76. The Kier molecular flexibility index (Phi) is 5.35. The van der Waals surface area contributed by atoms with Gasteiger partial charge in [0.05, 0.1) is 6.07 Å². The summed E-state index contributed by atoms with van der Waals surface area (Å²) in [6, 6.07) is 8.91. The summed E-state index contributed by atoms with van der Waals surface area (Å²) in [5, 5.41) is 8.71. The Morgan fingerprint density at radius 2 is 2.04 bits per heavy atom. The van der Waals surface area contributed by atoms with E-state index in [-0.39, 0.29) is 0 Å². The van der Waals surface area contributed by atoms with E-state index < -0.39 is 0 Å². The van der Waals surface area contributed by atoms with Gasteiger partial charge in [-0.3, -0.25) is 0 Å². The van der Waals surface area contributed by atoms with E-state index in [1.54, 1.807) is 0 Å². The van der Waals surface area contributed by atoms with Crippen molar-refractivity contribution in [3.05, 3.63) is 35.4 Å². The highest BCUT2D eigenvalue weighted by atomic mass is 15.1. The van der Waals surface area contributed by atoms with E-state index in [4.69, 9.17) is 11.0 Å². The van der Waals surface area contributed by atoms with Gasteiger partial charge in [0, 0.05) is 24.2 Å². The fourth-order valence-corrected chi connectivity index (χ4v) is 3.89. The summed E-state index contributed by atoms with van der Waals surface area (Å²) >= 11 is 0. The predicted octanol–water partition coefficient (Wildman–Crippen LogP) is 4.32. The number of hydrogen-bond acceptors (Lipinski definition) is 3. The lowest BCUT2D eigenvalue weighted by Gasteiger charge is -2.32. The number of anilines is 1. The third-order valence-corrected chi connectivity index (χ3v) is 5.31. The lowest BCUT2D eigenvalue weighted by Crippen LogP contribution is -2.33. The standard InChI is InChI=1S/C20H27N3/c21-11-4-12-23-13-9-16(10-14-23)18-7-8-20(22)19(15-18)17-5-2-1-3-6-17/h5,7-8,15-16H,1-4,6,9-10,12-14,22H2. The van der Waals surface area contributed by atoms with Gasteiger partial charge in [0.2, 0.25) is 0 Å². The van der Waals surface area contributed by atoms with Crippen LogP contribution in [0.3, 0.4) is 0 Å². The highest BCUT2D eigenvalue weighted by Crippen LogP contribution is 2.35. The number of nitriles is 1. The molecule has 0 amide bonds. The van der Waals surface area contributed by atoms with Crippen LogP contribution in [0.5, 0.6) is 0 Å². The largest absolute Gasteiger partial charge is 0.398 e. The van der Waals surface area contributed by atoms with Crippen LogP contribution in [0.25, 0.3) is 5.57 Å². The van der Waals surface area contributed by atoms with Crippen LogP contribution >= 0.6 is 0 Å². The van der Waals surface area contributed by atoms with Crippen molar-refractivity contribution in [3.8, 4) is 6.07 Å². The van der Waals surface area contributed by atoms with Gasteiger partial charge in [-0.05, 0) is 80.8 Å². The number of likely N-dealkylation sites (tertiary alicyclic amines) is 1. The Labute approximate surface area is 139 Å². The SMILES string of the molecule is N#CCCN1CCC(c2ccc(N)c(C3=CCCCC3)c2)CC1. The molecule has 2 aliphatic rings. The number of nitrogens with two attached hydrogens (primary N) is 1. The molecule has 1 fully saturated rings. The summed E-state index contributed by atoms with van der Waals surface area (Å²) in [5.74, 6) is 0.636. The molecule has 3 nitrogen and oxygen atoms in total. The van der Waals surface area contributed by atoms with Crippen molar-refractivity contribution in [2.45, 2.75) is 50.9 Å². The van der Waals surface area contributed by atoms with Crippen LogP contribution < -0.4 is 5.73 Å². The number of rotatable bonds is 4. The van der Waals surface area contributed by atoms with Crippen molar-refractivity contribution in [2.75, 3.05) is 25.4 Å². The van der Waals surface area contributed by atoms with Crippen LogP contribution in [0.1, 0.15) is 62.0 Å². The van der Waals surface area contributed by atoms with Crippen molar-refractivity contribution in [1.29, 1.82) is 5.26 Å². The van der Waals surface area contributed by atoms with Crippen LogP contribution in [0.4, 0.5) is 5.69 Å². The van der Waals surface area contributed by atoms with Gasteiger partial charge in [-0.25, -0.2) is 0 Å². The number of benzene rings is 1. The Balaban J connectivity index is 1.69. The van der Waals surface area contributed by atoms with Crippen LogP contribution in [-0.2, 0) is 0 Å². The first-order valence-corrected chi connectivity index (χ1v) is 8.96. The van der Waals surface area contributed by atoms with Gasteiger partial charge in [-0.2, -0.15) is 5.26 Å². The summed E-state index contributed by atoms with van der Waals surface area (Å²) in [6.45, 7) is 3.13. The Bertz CT molecular complexity index is 604. The molecule has 3 rings (SSSR count). The number of allylic oxidation sites excluding steroid dienone is 2. The normalized spacial score (nSPS) is 20.0. The van der Waals surface area contributed by atoms with Gasteiger partial charge in [-0.15, -0.1) is 0 Å². The number of piperidine rings is 1. The Morgan fingerprint density at radius 3 is 2.74 bits per heavy atom. The molecule has 0 spiro atoms. The predicted molar refractivity (Wildman–Crippen MR) is 95.9 cm³/mol. The maximum absolute atomic E-state index is 8.71. The summed E-state index contributed by atoms with van der Waals surface area (Å²) in [4.78, 5) is 2.42. The number of nitrogens with zero attached hydrogens (tertiary/aromatic N) is 2. The van der Waals surface area contributed by atoms with Gasteiger partial charge in [0.25, 0.3) is 0 Å². The Morgan fingerprint density at radius 1 is 1.22 bits per heavy atom. The second kappa shape index (κ2) is 7.66. The lowest BCUT2D eigenvalue weighted by molar-refractivity contribution is 0.216. The maximum Gasteiger partial charge on any atom is 0.0635 e. The number of nitrogen functional groups attached to an aromatic ring is 1. The van der Waals surface area contributed by atoms with Crippen molar-refractivity contribution >= 4 is 11.3 Å². The van der Waals surface area contributed by atoms with Crippen molar-refractivity contribution in [1.82, 2.24) is 4.90 Å². The van der Waals surface area contributed by atoms with E-state index in [2.05, 4.69) is 35.2 Å². The molecule has 122 valence electrons. The van der Waals surface area contributed by atoms with E-state index in [1.807, 2.05) is 0 Å². The molecule has 1 heterocycles. The molecule has 0 radical (unpaired) electrons. The summed E-state index contributed by atoms with van der Waals surface area (Å²) in [5.41, 5.74) is 11.3. The minimum Gasteiger partial charge on any atom is -0.398 e. The maximum atomic E-state index is 8.71. The summed E-state index contributed by atoms with van der Waals surface area (Å²) in [7, 11) is 0.